The molecule has 1 amide bonds. The van der Waals surface area contributed by atoms with Crippen molar-refractivity contribution in [2.24, 2.45) is 0 Å². The average Bonchev–Trinajstić information content (AvgIpc) is 2.48. The zero-order valence-electron chi connectivity index (χ0n) is 11.1. The summed E-state index contributed by atoms with van der Waals surface area (Å²) in [4.78, 5) is 12.3. The Bertz CT molecular complexity index is 599. The molecule has 0 saturated heterocycles. The first-order valence-electron chi connectivity index (χ1n) is 6.34. The van der Waals surface area contributed by atoms with E-state index in [-0.39, 0.29) is 12.5 Å². The predicted molar refractivity (Wildman–Crippen MR) is 79.9 cm³/mol. The van der Waals surface area contributed by atoms with Crippen LogP contribution in [0, 0.1) is 6.92 Å². The monoisotopic (exact) mass is 289 g/mol. The molecule has 104 valence electrons. The maximum atomic E-state index is 12.3. The SMILES string of the molecule is Cc1ccc(Cl)cc1C(=O)N[C@H](CO)c1ccccc1. The summed E-state index contributed by atoms with van der Waals surface area (Å²) >= 11 is 5.92. The molecule has 0 fully saturated rings. The first-order chi connectivity index (χ1) is 9.61. The third kappa shape index (κ3) is 3.38. The molecule has 0 radical (unpaired) electrons. The van der Waals surface area contributed by atoms with E-state index in [2.05, 4.69) is 5.32 Å². The number of hydrogen-bond donors (Lipinski definition) is 2. The minimum atomic E-state index is -0.429. The van der Waals surface area contributed by atoms with Crippen LogP contribution in [0.5, 0.6) is 0 Å². The van der Waals surface area contributed by atoms with Crippen molar-refractivity contribution < 1.29 is 9.90 Å². The Kier molecular flexibility index (Phi) is 4.77. The van der Waals surface area contributed by atoms with Gasteiger partial charge in [0.1, 0.15) is 0 Å². The van der Waals surface area contributed by atoms with Crippen molar-refractivity contribution in [3.8, 4) is 0 Å². The van der Waals surface area contributed by atoms with E-state index in [1.54, 1.807) is 18.2 Å². The van der Waals surface area contributed by atoms with E-state index in [4.69, 9.17) is 11.6 Å². The zero-order valence-corrected chi connectivity index (χ0v) is 11.9. The van der Waals surface area contributed by atoms with Gasteiger partial charge in [0.15, 0.2) is 0 Å². The molecule has 0 aliphatic carbocycles. The standard InChI is InChI=1S/C16H16ClNO2/c1-11-7-8-13(17)9-14(11)16(20)18-15(10-19)12-5-3-2-4-6-12/h2-9,15,19H,10H2,1H3,(H,18,20)/t15-/m1/s1. The van der Waals surface area contributed by atoms with Crippen LogP contribution in [0.3, 0.4) is 0 Å². The molecular weight excluding hydrogens is 274 g/mol. The van der Waals surface area contributed by atoms with Gasteiger partial charge >= 0.3 is 0 Å². The molecule has 1 atom stereocenters. The van der Waals surface area contributed by atoms with Crippen molar-refractivity contribution in [2.45, 2.75) is 13.0 Å². The number of carbonyl (C=O) groups excluding carboxylic acids is 1. The van der Waals surface area contributed by atoms with Gasteiger partial charge in [0.05, 0.1) is 12.6 Å². The van der Waals surface area contributed by atoms with Gasteiger partial charge in [-0.15, -0.1) is 0 Å². The summed E-state index contributed by atoms with van der Waals surface area (Å²) in [5.41, 5.74) is 2.23. The Labute approximate surface area is 123 Å². The Hall–Kier alpha value is -1.84. The fourth-order valence-electron chi connectivity index (χ4n) is 1.99. The van der Waals surface area contributed by atoms with Gasteiger partial charge in [-0.3, -0.25) is 4.79 Å². The number of halogens is 1. The van der Waals surface area contributed by atoms with Crippen molar-refractivity contribution in [3.05, 3.63) is 70.2 Å². The lowest BCUT2D eigenvalue weighted by atomic mass is 10.1. The number of amides is 1. The third-order valence-corrected chi connectivity index (χ3v) is 3.37. The lowest BCUT2D eigenvalue weighted by Gasteiger charge is -2.17. The number of aliphatic hydroxyl groups excluding tert-OH is 1. The predicted octanol–water partition coefficient (Wildman–Crippen LogP) is 3.11. The lowest BCUT2D eigenvalue weighted by Crippen LogP contribution is -2.31. The van der Waals surface area contributed by atoms with Crippen LogP contribution in [-0.2, 0) is 0 Å². The summed E-state index contributed by atoms with van der Waals surface area (Å²) in [7, 11) is 0. The Morgan fingerprint density at radius 1 is 1.25 bits per heavy atom. The van der Waals surface area contributed by atoms with Crippen LogP contribution in [-0.4, -0.2) is 17.6 Å². The lowest BCUT2D eigenvalue weighted by molar-refractivity contribution is 0.0915. The molecule has 2 N–H and O–H groups in total. The van der Waals surface area contributed by atoms with Gasteiger partial charge in [0.25, 0.3) is 5.91 Å². The van der Waals surface area contributed by atoms with Crippen molar-refractivity contribution in [2.75, 3.05) is 6.61 Å². The van der Waals surface area contributed by atoms with Gasteiger partial charge in [-0.2, -0.15) is 0 Å². The molecule has 0 heterocycles. The smallest absolute Gasteiger partial charge is 0.252 e. The second-order valence-electron chi connectivity index (χ2n) is 4.58. The highest BCUT2D eigenvalue weighted by Gasteiger charge is 2.16. The summed E-state index contributed by atoms with van der Waals surface area (Å²) in [5, 5.41) is 12.8. The fourth-order valence-corrected chi connectivity index (χ4v) is 2.17. The molecule has 20 heavy (non-hydrogen) atoms. The Balaban J connectivity index is 2.20. The van der Waals surface area contributed by atoms with E-state index in [0.29, 0.717) is 10.6 Å². The molecular formula is C16H16ClNO2. The van der Waals surface area contributed by atoms with Gasteiger partial charge in [0.2, 0.25) is 0 Å². The average molecular weight is 290 g/mol. The summed E-state index contributed by atoms with van der Waals surface area (Å²) in [5.74, 6) is -0.243. The van der Waals surface area contributed by atoms with Gasteiger partial charge in [-0.25, -0.2) is 0 Å². The van der Waals surface area contributed by atoms with Crippen LogP contribution >= 0.6 is 11.6 Å². The second kappa shape index (κ2) is 6.55. The summed E-state index contributed by atoms with van der Waals surface area (Å²) < 4.78 is 0. The van der Waals surface area contributed by atoms with Crippen molar-refractivity contribution >= 4 is 17.5 Å². The molecule has 2 aromatic rings. The van der Waals surface area contributed by atoms with E-state index in [1.165, 1.54) is 0 Å². The van der Waals surface area contributed by atoms with Crippen molar-refractivity contribution in [3.63, 3.8) is 0 Å². The molecule has 0 unspecified atom stereocenters. The van der Waals surface area contributed by atoms with Crippen LogP contribution in [0.15, 0.2) is 48.5 Å². The van der Waals surface area contributed by atoms with Crippen LogP contribution in [0.4, 0.5) is 0 Å². The van der Waals surface area contributed by atoms with Crippen LogP contribution in [0.25, 0.3) is 0 Å². The molecule has 0 spiro atoms. The van der Waals surface area contributed by atoms with E-state index < -0.39 is 6.04 Å². The number of aryl methyl sites for hydroxylation is 1. The molecule has 0 aromatic heterocycles. The summed E-state index contributed by atoms with van der Waals surface area (Å²) in [6.45, 7) is 1.69. The van der Waals surface area contributed by atoms with Crippen molar-refractivity contribution in [1.29, 1.82) is 0 Å². The van der Waals surface area contributed by atoms with Crippen LogP contribution in [0.2, 0.25) is 5.02 Å². The quantitative estimate of drug-likeness (QED) is 0.908. The molecule has 2 aromatic carbocycles. The van der Waals surface area contributed by atoms with E-state index >= 15 is 0 Å². The Morgan fingerprint density at radius 3 is 2.60 bits per heavy atom. The molecule has 3 nitrogen and oxygen atoms in total. The molecule has 4 heteroatoms. The topological polar surface area (TPSA) is 49.3 Å². The summed E-state index contributed by atoms with van der Waals surface area (Å²) in [6.07, 6.45) is 0. The normalized spacial score (nSPS) is 11.9. The minimum Gasteiger partial charge on any atom is -0.394 e. The highest BCUT2D eigenvalue weighted by atomic mass is 35.5. The zero-order chi connectivity index (χ0) is 14.5. The highest BCUT2D eigenvalue weighted by molar-refractivity contribution is 6.31. The number of nitrogens with one attached hydrogen (secondary N) is 1. The first-order valence-corrected chi connectivity index (χ1v) is 6.72. The van der Waals surface area contributed by atoms with E-state index in [9.17, 15) is 9.90 Å². The maximum absolute atomic E-state index is 12.3. The van der Waals surface area contributed by atoms with Gasteiger partial charge in [-0.05, 0) is 30.2 Å². The third-order valence-electron chi connectivity index (χ3n) is 3.13. The van der Waals surface area contributed by atoms with Crippen LogP contribution < -0.4 is 5.32 Å². The maximum Gasteiger partial charge on any atom is 0.252 e. The van der Waals surface area contributed by atoms with Gasteiger partial charge in [0, 0.05) is 10.6 Å². The molecule has 0 aliphatic rings. The number of carbonyl (C=O) groups is 1. The fraction of sp³-hybridized carbons (Fsp3) is 0.188. The molecule has 0 bridgehead atoms. The van der Waals surface area contributed by atoms with Gasteiger partial charge in [-0.1, -0.05) is 48.0 Å². The second-order valence-corrected chi connectivity index (χ2v) is 5.01. The van der Waals surface area contributed by atoms with Crippen molar-refractivity contribution in [1.82, 2.24) is 5.32 Å². The van der Waals surface area contributed by atoms with Gasteiger partial charge < -0.3 is 10.4 Å². The first kappa shape index (κ1) is 14.6. The molecule has 0 saturated carbocycles. The molecule has 2 rings (SSSR count). The largest absolute Gasteiger partial charge is 0.394 e. The summed E-state index contributed by atoms with van der Waals surface area (Å²) in [6, 6.07) is 14.1. The van der Waals surface area contributed by atoms with E-state index in [0.717, 1.165) is 11.1 Å². The number of hydrogen-bond acceptors (Lipinski definition) is 2. The highest BCUT2D eigenvalue weighted by Crippen LogP contribution is 2.17. The van der Waals surface area contributed by atoms with E-state index in [1.807, 2.05) is 37.3 Å². The Morgan fingerprint density at radius 2 is 1.95 bits per heavy atom. The number of rotatable bonds is 4. The van der Waals surface area contributed by atoms with Crippen LogP contribution in [0.1, 0.15) is 27.5 Å². The number of benzene rings is 2. The molecule has 0 aliphatic heterocycles. The minimum absolute atomic E-state index is 0.157. The number of aliphatic hydroxyl groups is 1.